The first-order valence-electron chi connectivity index (χ1n) is 4.42. The summed E-state index contributed by atoms with van der Waals surface area (Å²) < 4.78 is 29.2. The van der Waals surface area contributed by atoms with Crippen LogP contribution in [-0.4, -0.2) is 19.3 Å². The molecule has 3 nitrogen and oxygen atoms in total. The normalized spacial score (nSPS) is 10.0. The second-order valence-electron chi connectivity index (χ2n) is 2.95. The summed E-state index contributed by atoms with van der Waals surface area (Å²) in [6.07, 6.45) is 0.135. The molecule has 0 atom stereocenters. The quantitative estimate of drug-likeness (QED) is 0.474. The molecule has 0 aliphatic heterocycles. The number of hydrogen-bond acceptors (Lipinski definition) is 3. The fourth-order valence-electron chi connectivity index (χ4n) is 1.03. The van der Waals surface area contributed by atoms with Crippen LogP contribution in [0, 0.1) is 5.82 Å². The third-order valence-corrected chi connectivity index (χ3v) is 1.67. The van der Waals surface area contributed by atoms with Crippen molar-refractivity contribution in [3.63, 3.8) is 0 Å². The zero-order valence-electron chi connectivity index (χ0n) is 8.00. The number of ether oxygens (including phenoxy) is 1. The molecule has 0 amide bonds. The Kier molecular flexibility index (Phi) is 4.03. The molecule has 0 aliphatic rings. The van der Waals surface area contributed by atoms with Crippen molar-refractivity contribution < 1.29 is 18.3 Å². The fourth-order valence-corrected chi connectivity index (χ4v) is 1.03. The van der Waals surface area contributed by atoms with E-state index in [4.69, 9.17) is 5.73 Å². The minimum absolute atomic E-state index is 0.0221. The lowest BCUT2D eigenvalue weighted by atomic mass is 10.2. The van der Waals surface area contributed by atoms with E-state index in [1.807, 2.05) is 0 Å². The number of carbonyl (C=O) groups is 1. The maximum Gasteiger partial charge on any atom is 0.338 e. The van der Waals surface area contributed by atoms with Crippen LogP contribution in [-0.2, 0) is 4.74 Å². The second kappa shape index (κ2) is 5.29. The number of alkyl halides is 1. The van der Waals surface area contributed by atoms with Gasteiger partial charge in [-0.05, 0) is 18.2 Å². The van der Waals surface area contributed by atoms with Gasteiger partial charge in [0.25, 0.3) is 0 Å². The van der Waals surface area contributed by atoms with Crippen molar-refractivity contribution >= 4 is 11.7 Å². The highest BCUT2D eigenvalue weighted by Crippen LogP contribution is 2.11. The Bertz CT molecular complexity index is 335. The first-order chi connectivity index (χ1) is 7.13. The van der Waals surface area contributed by atoms with E-state index in [0.717, 1.165) is 12.1 Å². The van der Waals surface area contributed by atoms with Crippen LogP contribution >= 0.6 is 0 Å². The van der Waals surface area contributed by atoms with E-state index in [1.54, 1.807) is 0 Å². The Labute approximate surface area is 85.8 Å². The Morgan fingerprint density at radius 3 is 2.73 bits per heavy atom. The number of esters is 1. The lowest BCUT2D eigenvalue weighted by molar-refractivity contribution is 0.0493. The summed E-state index contributed by atoms with van der Waals surface area (Å²) in [5, 5.41) is 0. The molecular formula is C10H11F2NO2. The molecule has 0 radical (unpaired) electrons. The molecule has 0 aliphatic carbocycles. The Hall–Kier alpha value is -1.65. The predicted molar refractivity (Wildman–Crippen MR) is 51.7 cm³/mol. The van der Waals surface area contributed by atoms with Gasteiger partial charge < -0.3 is 10.5 Å². The van der Waals surface area contributed by atoms with Crippen LogP contribution < -0.4 is 5.73 Å². The molecule has 1 aromatic rings. The summed E-state index contributed by atoms with van der Waals surface area (Å²) in [5.74, 6) is -1.30. The molecule has 0 aromatic heterocycles. The highest BCUT2D eigenvalue weighted by molar-refractivity contribution is 5.90. The van der Waals surface area contributed by atoms with Crippen molar-refractivity contribution in [2.24, 2.45) is 0 Å². The number of benzene rings is 1. The van der Waals surface area contributed by atoms with Crippen molar-refractivity contribution in [2.45, 2.75) is 6.42 Å². The molecular weight excluding hydrogens is 204 g/mol. The van der Waals surface area contributed by atoms with Gasteiger partial charge in [0.1, 0.15) is 5.82 Å². The first-order valence-corrected chi connectivity index (χ1v) is 4.42. The minimum Gasteiger partial charge on any atom is -0.462 e. The van der Waals surface area contributed by atoms with Gasteiger partial charge in [-0.3, -0.25) is 4.39 Å². The van der Waals surface area contributed by atoms with Crippen LogP contribution in [0.1, 0.15) is 16.8 Å². The zero-order valence-corrected chi connectivity index (χ0v) is 8.00. The largest absolute Gasteiger partial charge is 0.462 e. The van der Waals surface area contributed by atoms with Gasteiger partial charge in [-0.2, -0.15) is 0 Å². The van der Waals surface area contributed by atoms with Gasteiger partial charge in [0, 0.05) is 12.1 Å². The molecule has 0 fully saturated rings. The van der Waals surface area contributed by atoms with Crippen LogP contribution in [0.5, 0.6) is 0 Å². The third-order valence-electron chi connectivity index (χ3n) is 1.67. The molecule has 82 valence electrons. The molecule has 1 aromatic carbocycles. The smallest absolute Gasteiger partial charge is 0.338 e. The molecule has 0 heterocycles. The van der Waals surface area contributed by atoms with E-state index >= 15 is 0 Å². The number of anilines is 1. The Morgan fingerprint density at radius 2 is 2.13 bits per heavy atom. The summed E-state index contributed by atoms with van der Waals surface area (Å²) in [7, 11) is 0. The molecule has 0 bridgehead atoms. The number of halogens is 2. The third kappa shape index (κ3) is 3.53. The van der Waals surface area contributed by atoms with E-state index in [2.05, 4.69) is 4.74 Å². The standard InChI is InChI=1S/C10H11F2NO2/c11-2-1-3-15-10(14)7-4-8(12)6-9(13)5-7/h4-6H,1-3,13H2. The van der Waals surface area contributed by atoms with Crippen LogP contribution in [0.4, 0.5) is 14.5 Å². The molecule has 2 N–H and O–H groups in total. The van der Waals surface area contributed by atoms with E-state index in [-0.39, 0.29) is 24.3 Å². The summed E-state index contributed by atoms with van der Waals surface area (Å²) >= 11 is 0. The van der Waals surface area contributed by atoms with Gasteiger partial charge >= 0.3 is 5.97 Å². The van der Waals surface area contributed by atoms with Crippen molar-refractivity contribution in [3.05, 3.63) is 29.6 Å². The summed E-state index contributed by atoms with van der Waals surface area (Å²) in [6.45, 7) is -0.579. The highest BCUT2D eigenvalue weighted by atomic mass is 19.1. The molecule has 5 heteroatoms. The maximum atomic E-state index is 12.8. The Morgan fingerprint density at radius 1 is 1.40 bits per heavy atom. The van der Waals surface area contributed by atoms with Crippen LogP contribution in [0.25, 0.3) is 0 Å². The van der Waals surface area contributed by atoms with E-state index in [9.17, 15) is 13.6 Å². The molecule has 0 saturated heterocycles. The molecule has 0 unspecified atom stereocenters. The zero-order chi connectivity index (χ0) is 11.3. The number of nitrogens with two attached hydrogens (primary N) is 1. The van der Waals surface area contributed by atoms with Crippen molar-refractivity contribution in [2.75, 3.05) is 19.0 Å². The first kappa shape index (κ1) is 11.4. The van der Waals surface area contributed by atoms with E-state index < -0.39 is 18.5 Å². The SMILES string of the molecule is Nc1cc(F)cc(C(=O)OCCCF)c1. The average Bonchev–Trinajstić information content (AvgIpc) is 2.16. The predicted octanol–water partition coefficient (Wildman–Crippen LogP) is 1.92. The van der Waals surface area contributed by atoms with Gasteiger partial charge in [0.15, 0.2) is 0 Å². The lowest BCUT2D eigenvalue weighted by Crippen LogP contribution is -2.07. The topological polar surface area (TPSA) is 52.3 Å². The molecule has 0 spiro atoms. The van der Waals surface area contributed by atoms with Gasteiger partial charge in [-0.15, -0.1) is 0 Å². The lowest BCUT2D eigenvalue weighted by Gasteiger charge is -2.04. The van der Waals surface area contributed by atoms with Gasteiger partial charge in [0.05, 0.1) is 18.8 Å². The second-order valence-corrected chi connectivity index (χ2v) is 2.95. The maximum absolute atomic E-state index is 12.8. The molecule has 0 saturated carbocycles. The minimum atomic E-state index is -0.699. The number of nitrogen functional groups attached to an aromatic ring is 1. The molecule has 15 heavy (non-hydrogen) atoms. The van der Waals surface area contributed by atoms with E-state index in [1.165, 1.54) is 6.07 Å². The molecule has 1 rings (SSSR count). The monoisotopic (exact) mass is 215 g/mol. The van der Waals surface area contributed by atoms with E-state index in [0.29, 0.717) is 0 Å². The van der Waals surface area contributed by atoms with Gasteiger partial charge in [-0.25, -0.2) is 9.18 Å². The number of rotatable bonds is 4. The summed E-state index contributed by atoms with van der Waals surface area (Å²) in [5.41, 5.74) is 5.52. The van der Waals surface area contributed by atoms with Gasteiger partial charge in [-0.1, -0.05) is 0 Å². The number of carbonyl (C=O) groups excluding carboxylic acids is 1. The van der Waals surface area contributed by atoms with Gasteiger partial charge in [0.2, 0.25) is 0 Å². The average molecular weight is 215 g/mol. The van der Waals surface area contributed by atoms with Crippen molar-refractivity contribution in [3.8, 4) is 0 Å². The number of hydrogen-bond donors (Lipinski definition) is 1. The Balaban J connectivity index is 2.65. The highest BCUT2D eigenvalue weighted by Gasteiger charge is 2.09. The van der Waals surface area contributed by atoms with Crippen LogP contribution in [0.2, 0.25) is 0 Å². The van der Waals surface area contributed by atoms with Crippen molar-refractivity contribution in [1.29, 1.82) is 0 Å². The fraction of sp³-hybridized carbons (Fsp3) is 0.300. The van der Waals surface area contributed by atoms with Crippen LogP contribution in [0.15, 0.2) is 18.2 Å². The van der Waals surface area contributed by atoms with Crippen LogP contribution in [0.3, 0.4) is 0 Å². The summed E-state index contributed by atoms with van der Waals surface area (Å²) in [4.78, 5) is 11.3. The summed E-state index contributed by atoms with van der Waals surface area (Å²) in [6, 6.07) is 3.42. The van der Waals surface area contributed by atoms with Crippen molar-refractivity contribution in [1.82, 2.24) is 0 Å².